The van der Waals surface area contributed by atoms with Crippen molar-refractivity contribution in [3.05, 3.63) is 28.7 Å². The number of rotatable bonds is 5. The molecule has 0 saturated carbocycles. The van der Waals surface area contributed by atoms with Gasteiger partial charge in [-0.15, -0.1) is 10.2 Å². The lowest BCUT2D eigenvalue weighted by Gasteiger charge is -2.13. The summed E-state index contributed by atoms with van der Waals surface area (Å²) in [5.74, 6) is 0. The lowest BCUT2D eigenvalue weighted by molar-refractivity contribution is 0.515. The summed E-state index contributed by atoms with van der Waals surface area (Å²) < 4.78 is 1.76. The van der Waals surface area contributed by atoms with E-state index in [0.29, 0.717) is 16.6 Å². The molecule has 2 rings (SSSR count). The minimum atomic E-state index is -0.00547. The van der Waals surface area contributed by atoms with Gasteiger partial charge in [0, 0.05) is 18.3 Å². The van der Waals surface area contributed by atoms with Crippen LogP contribution in [0.2, 0.25) is 0 Å². The highest BCUT2D eigenvalue weighted by atomic mass is 32.1. The summed E-state index contributed by atoms with van der Waals surface area (Å²) in [4.78, 5) is 12.5. The number of anilines is 1. The Bertz CT molecular complexity index is 632. The molecule has 1 atom stereocenters. The molecule has 0 saturated heterocycles. The van der Waals surface area contributed by atoms with Crippen molar-refractivity contribution in [3.8, 4) is 10.6 Å². The van der Waals surface area contributed by atoms with E-state index in [9.17, 15) is 4.79 Å². The molecule has 6 heteroatoms. The molecule has 1 N–H and O–H groups in total. The van der Waals surface area contributed by atoms with Crippen molar-refractivity contribution in [3.63, 3.8) is 0 Å². The predicted octanol–water partition coefficient (Wildman–Crippen LogP) is 3.16. The molecule has 5 nitrogen and oxygen atoms in total. The SMILES string of the molecule is CCC(C)n1cccc(-c2nnc(NC(C)C)s2)c1=O. The van der Waals surface area contributed by atoms with Crippen LogP contribution >= 0.6 is 11.3 Å². The molecule has 0 fully saturated rings. The van der Waals surface area contributed by atoms with Crippen molar-refractivity contribution >= 4 is 16.5 Å². The van der Waals surface area contributed by atoms with E-state index in [2.05, 4.69) is 22.4 Å². The summed E-state index contributed by atoms with van der Waals surface area (Å²) >= 11 is 1.41. The van der Waals surface area contributed by atoms with Gasteiger partial charge >= 0.3 is 0 Å². The van der Waals surface area contributed by atoms with Crippen LogP contribution in [0.3, 0.4) is 0 Å². The van der Waals surface area contributed by atoms with Crippen LogP contribution in [0.15, 0.2) is 23.1 Å². The van der Waals surface area contributed by atoms with Crippen LogP contribution in [0.1, 0.15) is 40.2 Å². The minimum Gasteiger partial charge on any atom is -0.358 e. The third-order valence-corrected chi connectivity index (χ3v) is 4.00. The van der Waals surface area contributed by atoms with Gasteiger partial charge in [0.15, 0.2) is 5.01 Å². The molecule has 1 unspecified atom stereocenters. The number of nitrogens with zero attached hydrogens (tertiary/aromatic N) is 3. The lowest BCUT2D eigenvalue weighted by Crippen LogP contribution is -2.23. The van der Waals surface area contributed by atoms with Gasteiger partial charge in [-0.2, -0.15) is 0 Å². The van der Waals surface area contributed by atoms with Crippen molar-refractivity contribution in [2.75, 3.05) is 5.32 Å². The van der Waals surface area contributed by atoms with E-state index in [4.69, 9.17) is 0 Å². The van der Waals surface area contributed by atoms with Crippen molar-refractivity contribution in [2.45, 2.75) is 46.2 Å². The van der Waals surface area contributed by atoms with Gasteiger partial charge < -0.3 is 9.88 Å². The molecule has 0 radical (unpaired) electrons. The Kier molecular flexibility index (Phi) is 4.54. The molecule has 108 valence electrons. The van der Waals surface area contributed by atoms with Gasteiger partial charge in [-0.3, -0.25) is 4.79 Å². The van der Waals surface area contributed by atoms with Crippen molar-refractivity contribution in [1.29, 1.82) is 0 Å². The average Bonchev–Trinajstić information content (AvgIpc) is 2.85. The summed E-state index contributed by atoms with van der Waals surface area (Å²) in [6.45, 7) is 8.19. The van der Waals surface area contributed by atoms with E-state index in [0.717, 1.165) is 11.6 Å². The van der Waals surface area contributed by atoms with E-state index in [-0.39, 0.29) is 11.6 Å². The number of aromatic nitrogens is 3. The van der Waals surface area contributed by atoms with Crippen molar-refractivity contribution < 1.29 is 0 Å². The molecule has 0 aliphatic heterocycles. The Morgan fingerprint density at radius 3 is 2.75 bits per heavy atom. The molecule has 0 spiro atoms. The summed E-state index contributed by atoms with van der Waals surface area (Å²) in [6.07, 6.45) is 2.74. The van der Waals surface area contributed by atoms with Crippen LogP contribution in [-0.2, 0) is 0 Å². The van der Waals surface area contributed by atoms with E-state index < -0.39 is 0 Å². The van der Waals surface area contributed by atoms with E-state index >= 15 is 0 Å². The van der Waals surface area contributed by atoms with Crippen LogP contribution < -0.4 is 10.9 Å². The van der Waals surface area contributed by atoms with E-state index in [1.807, 2.05) is 33.0 Å². The van der Waals surface area contributed by atoms with Crippen LogP contribution in [0, 0.1) is 0 Å². The van der Waals surface area contributed by atoms with Gasteiger partial charge in [0.05, 0.1) is 5.56 Å². The summed E-state index contributed by atoms with van der Waals surface area (Å²) in [5.41, 5.74) is 0.608. The fraction of sp³-hybridized carbons (Fsp3) is 0.500. The fourth-order valence-electron chi connectivity index (χ4n) is 1.85. The Morgan fingerprint density at radius 2 is 2.10 bits per heavy atom. The van der Waals surface area contributed by atoms with Crippen molar-refractivity contribution in [1.82, 2.24) is 14.8 Å². The topological polar surface area (TPSA) is 59.8 Å². The van der Waals surface area contributed by atoms with Gasteiger partial charge in [0.1, 0.15) is 0 Å². The highest BCUT2D eigenvalue weighted by molar-refractivity contribution is 7.18. The maximum atomic E-state index is 12.5. The maximum Gasteiger partial charge on any atom is 0.261 e. The zero-order valence-electron chi connectivity index (χ0n) is 12.3. The zero-order valence-corrected chi connectivity index (χ0v) is 13.1. The van der Waals surface area contributed by atoms with Gasteiger partial charge in [0.2, 0.25) is 5.13 Å². The largest absolute Gasteiger partial charge is 0.358 e. The normalized spacial score (nSPS) is 12.7. The molecule has 0 aliphatic rings. The Hall–Kier alpha value is -1.69. The first kappa shape index (κ1) is 14.7. The molecular formula is C14H20N4OS. The Labute approximate surface area is 122 Å². The zero-order chi connectivity index (χ0) is 14.7. The monoisotopic (exact) mass is 292 g/mol. The lowest BCUT2D eigenvalue weighted by atomic mass is 10.2. The van der Waals surface area contributed by atoms with Gasteiger partial charge in [-0.25, -0.2) is 0 Å². The number of hydrogen-bond acceptors (Lipinski definition) is 5. The van der Waals surface area contributed by atoms with Crippen LogP contribution in [0.25, 0.3) is 10.6 Å². The average molecular weight is 292 g/mol. The van der Waals surface area contributed by atoms with Crippen LogP contribution in [-0.4, -0.2) is 20.8 Å². The van der Waals surface area contributed by atoms with E-state index in [1.54, 1.807) is 10.6 Å². The summed E-state index contributed by atoms with van der Waals surface area (Å²) in [6, 6.07) is 4.17. The smallest absolute Gasteiger partial charge is 0.261 e. The van der Waals surface area contributed by atoms with Crippen LogP contribution in [0.5, 0.6) is 0 Å². The Morgan fingerprint density at radius 1 is 1.35 bits per heavy atom. The molecule has 2 heterocycles. The second kappa shape index (κ2) is 6.17. The number of nitrogens with one attached hydrogen (secondary N) is 1. The Balaban J connectivity index is 2.38. The molecule has 0 aromatic carbocycles. The fourth-order valence-corrected chi connectivity index (χ4v) is 2.76. The predicted molar refractivity (Wildman–Crippen MR) is 83.4 cm³/mol. The van der Waals surface area contributed by atoms with Crippen molar-refractivity contribution in [2.24, 2.45) is 0 Å². The molecule has 2 aromatic rings. The maximum absolute atomic E-state index is 12.5. The first-order valence-electron chi connectivity index (χ1n) is 6.84. The number of pyridine rings is 1. The van der Waals surface area contributed by atoms with Gasteiger partial charge in [-0.05, 0) is 39.3 Å². The highest BCUT2D eigenvalue weighted by Gasteiger charge is 2.13. The first-order valence-corrected chi connectivity index (χ1v) is 7.66. The van der Waals surface area contributed by atoms with Gasteiger partial charge in [0.25, 0.3) is 5.56 Å². The minimum absolute atomic E-state index is 0.00547. The number of hydrogen-bond donors (Lipinski definition) is 1. The quantitative estimate of drug-likeness (QED) is 0.919. The molecule has 2 aromatic heterocycles. The molecule has 0 aliphatic carbocycles. The summed E-state index contributed by atoms with van der Waals surface area (Å²) in [5, 5.41) is 12.8. The molecule has 0 bridgehead atoms. The molecular weight excluding hydrogens is 272 g/mol. The second-order valence-corrected chi connectivity index (χ2v) is 6.08. The standard InChI is InChI=1S/C14H20N4OS/c1-5-10(4)18-8-6-7-11(13(18)19)12-16-17-14(20-12)15-9(2)3/h6-10H,5H2,1-4H3,(H,15,17). The van der Waals surface area contributed by atoms with Gasteiger partial charge in [-0.1, -0.05) is 18.3 Å². The first-order chi connectivity index (χ1) is 9.52. The third-order valence-electron chi connectivity index (χ3n) is 3.11. The summed E-state index contributed by atoms with van der Waals surface area (Å²) in [7, 11) is 0. The third kappa shape index (κ3) is 3.07. The second-order valence-electron chi connectivity index (χ2n) is 5.10. The highest BCUT2D eigenvalue weighted by Crippen LogP contribution is 2.24. The molecule has 0 amide bonds. The van der Waals surface area contributed by atoms with Crippen LogP contribution in [0.4, 0.5) is 5.13 Å². The molecule has 20 heavy (non-hydrogen) atoms. The van der Waals surface area contributed by atoms with E-state index in [1.165, 1.54) is 11.3 Å².